The molecular weight excluding hydrogens is 475 g/mol. The second-order valence-corrected chi connectivity index (χ2v) is 8.47. The Balaban J connectivity index is 1.29. The van der Waals surface area contributed by atoms with Crippen molar-refractivity contribution in [2.75, 3.05) is 6.54 Å². The molecule has 1 saturated heterocycles. The van der Waals surface area contributed by atoms with Crippen molar-refractivity contribution in [3.05, 3.63) is 77.7 Å². The Labute approximate surface area is 203 Å². The van der Waals surface area contributed by atoms with E-state index in [4.69, 9.17) is 20.2 Å². The van der Waals surface area contributed by atoms with E-state index in [0.29, 0.717) is 29.6 Å². The number of nitrogens with zero attached hydrogens (tertiary/aromatic N) is 4. The van der Waals surface area contributed by atoms with Gasteiger partial charge in [0.15, 0.2) is 0 Å². The fourth-order valence-corrected chi connectivity index (χ4v) is 4.25. The second-order valence-electron chi connectivity index (χ2n) is 8.47. The van der Waals surface area contributed by atoms with Gasteiger partial charge >= 0.3 is 6.18 Å². The highest BCUT2D eigenvalue weighted by molar-refractivity contribution is 5.87. The maximum Gasteiger partial charge on any atom is 0.416 e. The number of aromatic nitrogens is 2. The van der Waals surface area contributed by atoms with Crippen molar-refractivity contribution in [1.82, 2.24) is 15.0 Å². The zero-order chi connectivity index (χ0) is 25.3. The first-order valence-electron chi connectivity index (χ1n) is 11.2. The average Bonchev–Trinajstić information content (AvgIpc) is 3.56. The predicted molar refractivity (Wildman–Crippen MR) is 125 cm³/mol. The smallest absolute Gasteiger partial charge is 0.416 e. The maximum absolute atomic E-state index is 12.7. The van der Waals surface area contributed by atoms with Crippen LogP contribution in [-0.4, -0.2) is 32.8 Å². The summed E-state index contributed by atoms with van der Waals surface area (Å²) >= 11 is 0. The lowest BCUT2D eigenvalue weighted by Crippen LogP contribution is -2.36. The molecule has 0 aliphatic carbocycles. The molecule has 8 nitrogen and oxygen atoms in total. The molecule has 2 heterocycles. The molecule has 0 bridgehead atoms. The summed E-state index contributed by atoms with van der Waals surface area (Å²) in [6, 6.07) is 15.9. The normalized spacial score (nSPS) is 16.6. The Morgan fingerprint density at radius 2 is 1.86 bits per heavy atom. The van der Waals surface area contributed by atoms with Crippen LogP contribution in [0.4, 0.5) is 13.2 Å². The average molecular weight is 497 g/mol. The third kappa shape index (κ3) is 4.77. The number of rotatable bonds is 5. The van der Waals surface area contributed by atoms with Crippen LogP contribution in [0.1, 0.15) is 35.9 Å². The third-order valence-corrected chi connectivity index (χ3v) is 6.13. The van der Waals surface area contributed by atoms with Gasteiger partial charge in [0, 0.05) is 12.1 Å². The Kier molecular flexibility index (Phi) is 6.13. The van der Waals surface area contributed by atoms with Crippen molar-refractivity contribution < 1.29 is 27.6 Å². The molecule has 186 valence electrons. The first kappa shape index (κ1) is 23.5. The van der Waals surface area contributed by atoms with Crippen LogP contribution >= 0.6 is 0 Å². The number of halogens is 3. The van der Waals surface area contributed by atoms with Gasteiger partial charge in [-0.3, -0.25) is 0 Å². The SMILES string of the molecule is N/C(=N\O)N1CCC[C@H]1c1nc(-c2ccc3cc(OCc4ccc(C(F)(F)F)cc4)ccc3c2)no1. The molecule has 4 aromatic rings. The highest BCUT2D eigenvalue weighted by Gasteiger charge is 2.32. The van der Waals surface area contributed by atoms with Gasteiger partial charge in [-0.2, -0.15) is 18.2 Å². The van der Waals surface area contributed by atoms with Gasteiger partial charge in [0.25, 0.3) is 0 Å². The number of benzene rings is 3. The van der Waals surface area contributed by atoms with Gasteiger partial charge in [-0.15, -0.1) is 0 Å². The van der Waals surface area contributed by atoms with E-state index in [0.717, 1.165) is 41.3 Å². The van der Waals surface area contributed by atoms with Crippen LogP contribution in [0.2, 0.25) is 0 Å². The quantitative estimate of drug-likeness (QED) is 0.166. The summed E-state index contributed by atoms with van der Waals surface area (Å²) < 4.78 is 49.4. The molecule has 0 unspecified atom stereocenters. The highest BCUT2D eigenvalue weighted by atomic mass is 19.4. The van der Waals surface area contributed by atoms with E-state index >= 15 is 0 Å². The zero-order valence-corrected chi connectivity index (χ0v) is 18.9. The predicted octanol–water partition coefficient (Wildman–Crippen LogP) is 5.33. The van der Waals surface area contributed by atoms with E-state index in [1.165, 1.54) is 12.1 Å². The molecule has 1 fully saturated rings. The number of nitrogens with two attached hydrogens (primary N) is 1. The number of hydrogen-bond donors (Lipinski definition) is 2. The summed E-state index contributed by atoms with van der Waals surface area (Å²) in [5, 5.41) is 18.0. The van der Waals surface area contributed by atoms with Crippen LogP contribution in [-0.2, 0) is 12.8 Å². The monoisotopic (exact) mass is 497 g/mol. The lowest BCUT2D eigenvalue weighted by atomic mass is 10.1. The molecule has 3 aromatic carbocycles. The van der Waals surface area contributed by atoms with Gasteiger partial charge in [0.2, 0.25) is 17.7 Å². The fraction of sp³-hybridized carbons (Fsp3) is 0.240. The van der Waals surface area contributed by atoms with Gasteiger partial charge in [0.1, 0.15) is 18.4 Å². The molecule has 1 aliphatic rings. The second kappa shape index (κ2) is 9.40. The summed E-state index contributed by atoms with van der Waals surface area (Å²) in [5.74, 6) is 1.45. The number of ether oxygens (including phenoxy) is 1. The van der Waals surface area contributed by atoms with Crippen molar-refractivity contribution in [3.63, 3.8) is 0 Å². The summed E-state index contributed by atoms with van der Waals surface area (Å²) in [6.45, 7) is 0.786. The summed E-state index contributed by atoms with van der Waals surface area (Å²) in [5.41, 5.74) is 6.48. The lowest BCUT2D eigenvalue weighted by molar-refractivity contribution is -0.137. The Hall–Kier alpha value is -4.28. The first-order valence-corrected chi connectivity index (χ1v) is 11.2. The largest absolute Gasteiger partial charge is 0.489 e. The van der Waals surface area contributed by atoms with Gasteiger partial charge in [-0.1, -0.05) is 40.6 Å². The Bertz CT molecular complexity index is 1400. The molecule has 5 rings (SSSR count). The number of hydrogen-bond acceptors (Lipinski definition) is 6. The minimum atomic E-state index is -4.36. The van der Waals surface area contributed by atoms with Crippen molar-refractivity contribution >= 4 is 16.7 Å². The number of oxime groups is 1. The molecule has 0 amide bonds. The molecule has 3 N–H and O–H groups in total. The molecule has 0 radical (unpaired) electrons. The summed E-state index contributed by atoms with van der Waals surface area (Å²) in [7, 11) is 0. The number of likely N-dealkylation sites (tertiary alicyclic amines) is 1. The molecular formula is C25H22F3N5O3. The van der Waals surface area contributed by atoms with E-state index in [-0.39, 0.29) is 18.6 Å². The fourth-order valence-electron chi connectivity index (χ4n) is 4.25. The number of fused-ring (bicyclic) bond motifs is 1. The minimum absolute atomic E-state index is 0.0132. The van der Waals surface area contributed by atoms with Crippen molar-refractivity contribution in [2.45, 2.75) is 31.7 Å². The topological polar surface area (TPSA) is 110 Å². The minimum Gasteiger partial charge on any atom is -0.489 e. The van der Waals surface area contributed by atoms with E-state index in [9.17, 15) is 13.2 Å². The van der Waals surface area contributed by atoms with Gasteiger partial charge in [-0.05, 0) is 59.5 Å². The maximum atomic E-state index is 12.7. The third-order valence-electron chi connectivity index (χ3n) is 6.13. The van der Waals surface area contributed by atoms with E-state index in [1.54, 1.807) is 11.0 Å². The highest BCUT2D eigenvalue weighted by Crippen LogP contribution is 2.33. The van der Waals surface area contributed by atoms with Gasteiger partial charge in [-0.25, -0.2) is 0 Å². The first-order chi connectivity index (χ1) is 17.3. The van der Waals surface area contributed by atoms with Gasteiger partial charge < -0.3 is 25.1 Å². The van der Waals surface area contributed by atoms with Crippen molar-refractivity contribution in [2.24, 2.45) is 10.9 Å². The molecule has 1 aromatic heterocycles. The van der Waals surface area contributed by atoms with Crippen LogP contribution in [0.25, 0.3) is 22.2 Å². The van der Waals surface area contributed by atoms with Crippen LogP contribution in [0.15, 0.2) is 70.3 Å². The summed E-state index contributed by atoms with van der Waals surface area (Å²) in [4.78, 5) is 6.26. The number of alkyl halides is 3. The lowest BCUT2D eigenvalue weighted by Gasteiger charge is -2.21. The van der Waals surface area contributed by atoms with Gasteiger partial charge in [0.05, 0.1) is 5.56 Å². The van der Waals surface area contributed by atoms with E-state index < -0.39 is 11.7 Å². The van der Waals surface area contributed by atoms with E-state index in [2.05, 4.69) is 15.3 Å². The molecule has 0 saturated carbocycles. The molecule has 0 spiro atoms. The zero-order valence-electron chi connectivity index (χ0n) is 18.9. The Morgan fingerprint density at radius 3 is 2.61 bits per heavy atom. The van der Waals surface area contributed by atoms with Crippen LogP contribution in [0.5, 0.6) is 5.75 Å². The van der Waals surface area contributed by atoms with Crippen LogP contribution in [0, 0.1) is 0 Å². The van der Waals surface area contributed by atoms with Crippen molar-refractivity contribution in [3.8, 4) is 17.1 Å². The molecule has 1 atom stereocenters. The van der Waals surface area contributed by atoms with Crippen LogP contribution in [0.3, 0.4) is 0 Å². The van der Waals surface area contributed by atoms with Crippen molar-refractivity contribution in [1.29, 1.82) is 0 Å². The Morgan fingerprint density at radius 1 is 1.11 bits per heavy atom. The summed E-state index contributed by atoms with van der Waals surface area (Å²) in [6.07, 6.45) is -2.75. The molecule has 11 heteroatoms. The molecule has 1 aliphatic heterocycles. The molecule has 36 heavy (non-hydrogen) atoms. The standard InChI is InChI=1S/C25H22F3N5O3/c26-25(27,28)19-8-3-15(4-9-19)14-35-20-10-7-16-12-18(6-5-17(16)13-20)22-30-23(36-32-22)21-2-1-11-33(21)24(29)31-34/h3-10,12-13,21,34H,1-2,11,14H2,(H2,29,31)/t21-/m0/s1. The van der Waals surface area contributed by atoms with E-state index in [1.807, 2.05) is 30.3 Å². The number of guanidine groups is 1. The van der Waals surface area contributed by atoms with Crippen LogP contribution < -0.4 is 10.5 Å².